The van der Waals surface area contributed by atoms with Crippen LogP contribution in [0.25, 0.3) is 11.3 Å². The highest BCUT2D eigenvalue weighted by molar-refractivity contribution is 9.10. The summed E-state index contributed by atoms with van der Waals surface area (Å²) in [6, 6.07) is 10.9. The first-order valence-corrected chi connectivity index (χ1v) is 8.91. The third-order valence-corrected chi connectivity index (χ3v) is 4.72. The van der Waals surface area contributed by atoms with E-state index < -0.39 is 0 Å². The maximum absolute atomic E-state index is 12.3. The summed E-state index contributed by atoms with van der Waals surface area (Å²) in [4.78, 5) is 22.9. The van der Waals surface area contributed by atoms with Crippen LogP contribution in [0.2, 0.25) is 0 Å². The molecule has 0 saturated carbocycles. The van der Waals surface area contributed by atoms with Gasteiger partial charge in [0.05, 0.1) is 23.3 Å². The van der Waals surface area contributed by atoms with Crippen molar-refractivity contribution in [3.63, 3.8) is 0 Å². The van der Waals surface area contributed by atoms with E-state index in [1.807, 2.05) is 29.2 Å². The zero-order valence-corrected chi connectivity index (χ0v) is 15.6. The molecule has 0 N–H and O–H groups in total. The Balaban J connectivity index is 1.58. The minimum absolute atomic E-state index is 0.00981. The summed E-state index contributed by atoms with van der Waals surface area (Å²) < 4.78 is 7.77. The zero-order chi connectivity index (χ0) is 18.1. The molecule has 0 atom stereocenters. The van der Waals surface area contributed by atoms with E-state index in [9.17, 15) is 4.79 Å². The lowest BCUT2D eigenvalue weighted by atomic mass is 10.1. The second-order valence-corrected chi connectivity index (χ2v) is 6.88. The molecule has 0 radical (unpaired) electrons. The fourth-order valence-corrected chi connectivity index (χ4v) is 3.13. The number of aromatic nitrogens is 4. The molecule has 0 unspecified atom stereocenters. The van der Waals surface area contributed by atoms with Gasteiger partial charge in [-0.15, -0.1) is 0 Å². The van der Waals surface area contributed by atoms with Crippen LogP contribution >= 0.6 is 15.9 Å². The fraction of sp³-hybridized carbons (Fsp3) is 0.222. The van der Waals surface area contributed by atoms with Gasteiger partial charge in [0.2, 0.25) is 5.95 Å². The Kier molecular flexibility index (Phi) is 4.42. The second-order valence-electron chi connectivity index (χ2n) is 5.96. The first kappa shape index (κ1) is 16.7. The van der Waals surface area contributed by atoms with Crippen LogP contribution in [-0.2, 0) is 0 Å². The van der Waals surface area contributed by atoms with Crippen molar-refractivity contribution in [1.29, 1.82) is 0 Å². The normalized spacial score (nSPS) is 14.2. The van der Waals surface area contributed by atoms with E-state index in [0.29, 0.717) is 24.7 Å². The van der Waals surface area contributed by atoms with E-state index >= 15 is 0 Å². The lowest BCUT2D eigenvalue weighted by molar-refractivity contribution is 0.350. The van der Waals surface area contributed by atoms with Crippen molar-refractivity contribution in [2.45, 2.75) is 6.04 Å². The first-order chi connectivity index (χ1) is 12.7. The van der Waals surface area contributed by atoms with Crippen LogP contribution in [0.15, 0.2) is 58.1 Å². The smallest absolute Gasteiger partial charge is 0.267 e. The monoisotopic (exact) mass is 413 g/mol. The minimum Gasteiger partial charge on any atom is -0.496 e. The SMILES string of the molecule is COc1ccccc1-c1ccc(=O)n(C2CN(c3ncc(Br)cn3)C2)n1. The van der Waals surface area contributed by atoms with E-state index in [4.69, 9.17) is 4.74 Å². The van der Waals surface area contributed by atoms with Crippen LogP contribution in [0.4, 0.5) is 5.95 Å². The van der Waals surface area contributed by atoms with Crippen molar-refractivity contribution in [3.8, 4) is 17.0 Å². The molecular weight excluding hydrogens is 398 g/mol. The molecule has 0 aliphatic carbocycles. The van der Waals surface area contributed by atoms with Crippen molar-refractivity contribution in [3.05, 3.63) is 63.6 Å². The quantitative estimate of drug-likeness (QED) is 0.654. The molecule has 1 fully saturated rings. The number of rotatable bonds is 4. The van der Waals surface area contributed by atoms with Gasteiger partial charge in [0, 0.05) is 37.1 Å². The van der Waals surface area contributed by atoms with Crippen LogP contribution in [0.3, 0.4) is 0 Å². The summed E-state index contributed by atoms with van der Waals surface area (Å²) in [7, 11) is 1.62. The van der Waals surface area contributed by atoms with E-state index in [1.54, 1.807) is 31.6 Å². The van der Waals surface area contributed by atoms with Crippen molar-refractivity contribution >= 4 is 21.9 Å². The number of ether oxygens (including phenoxy) is 1. The lowest BCUT2D eigenvalue weighted by Crippen LogP contribution is -2.51. The summed E-state index contributed by atoms with van der Waals surface area (Å²) in [6.45, 7) is 1.29. The number of methoxy groups -OCH3 is 1. The summed E-state index contributed by atoms with van der Waals surface area (Å²) in [5.41, 5.74) is 1.45. The molecular formula is C18H16BrN5O2. The van der Waals surface area contributed by atoms with Gasteiger partial charge in [0.1, 0.15) is 5.75 Å². The van der Waals surface area contributed by atoms with Crippen molar-refractivity contribution < 1.29 is 4.74 Å². The number of hydrogen-bond acceptors (Lipinski definition) is 6. The molecule has 0 spiro atoms. The van der Waals surface area contributed by atoms with Crippen LogP contribution in [0.5, 0.6) is 5.75 Å². The molecule has 1 saturated heterocycles. The minimum atomic E-state index is -0.120. The Morgan fingerprint density at radius 2 is 1.85 bits per heavy atom. The molecule has 1 aliphatic heterocycles. The molecule has 0 bridgehead atoms. The molecule has 8 heteroatoms. The Morgan fingerprint density at radius 1 is 1.12 bits per heavy atom. The van der Waals surface area contributed by atoms with Gasteiger partial charge in [0.15, 0.2) is 0 Å². The van der Waals surface area contributed by atoms with Gasteiger partial charge in [0.25, 0.3) is 5.56 Å². The van der Waals surface area contributed by atoms with E-state index in [1.165, 1.54) is 4.68 Å². The number of hydrogen-bond donors (Lipinski definition) is 0. The van der Waals surface area contributed by atoms with Crippen molar-refractivity contribution in [2.24, 2.45) is 0 Å². The largest absolute Gasteiger partial charge is 0.496 e. The van der Waals surface area contributed by atoms with E-state index in [-0.39, 0.29) is 11.6 Å². The average Bonchev–Trinajstić information content (AvgIpc) is 2.63. The van der Waals surface area contributed by atoms with E-state index in [2.05, 4.69) is 31.0 Å². The fourth-order valence-electron chi connectivity index (χ4n) is 2.93. The Hall–Kier alpha value is -2.74. The highest BCUT2D eigenvalue weighted by Crippen LogP contribution is 2.29. The topological polar surface area (TPSA) is 73.1 Å². The summed E-state index contributed by atoms with van der Waals surface area (Å²) >= 11 is 3.33. The standard InChI is InChI=1S/C18H16BrN5O2/c1-26-16-5-3-2-4-14(16)15-6-7-17(25)24(22-15)13-10-23(11-13)18-20-8-12(19)9-21-18/h2-9,13H,10-11H2,1H3. The molecule has 26 heavy (non-hydrogen) atoms. The molecule has 2 aromatic heterocycles. The van der Waals surface area contributed by atoms with Crippen LogP contribution in [-0.4, -0.2) is 39.9 Å². The number of halogens is 1. The Bertz CT molecular complexity index is 983. The predicted octanol–water partition coefficient (Wildman–Crippen LogP) is 2.53. The lowest BCUT2D eigenvalue weighted by Gasteiger charge is -2.39. The van der Waals surface area contributed by atoms with Crippen LogP contribution in [0, 0.1) is 0 Å². The zero-order valence-electron chi connectivity index (χ0n) is 14.0. The third-order valence-electron chi connectivity index (χ3n) is 4.31. The summed E-state index contributed by atoms with van der Waals surface area (Å²) in [6.07, 6.45) is 3.42. The number of para-hydroxylation sites is 1. The molecule has 3 heterocycles. The number of nitrogens with zero attached hydrogens (tertiary/aromatic N) is 5. The molecule has 1 aliphatic rings. The molecule has 4 rings (SSSR count). The highest BCUT2D eigenvalue weighted by atomic mass is 79.9. The third kappa shape index (κ3) is 3.08. The average molecular weight is 414 g/mol. The number of benzene rings is 1. The highest BCUT2D eigenvalue weighted by Gasteiger charge is 2.31. The van der Waals surface area contributed by atoms with Crippen LogP contribution in [0.1, 0.15) is 6.04 Å². The predicted molar refractivity (Wildman–Crippen MR) is 101 cm³/mol. The second kappa shape index (κ2) is 6.87. The molecule has 1 aromatic carbocycles. The van der Waals surface area contributed by atoms with Gasteiger partial charge in [-0.3, -0.25) is 4.79 Å². The van der Waals surface area contributed by atoms with Gasteiger partial charge in [-0.05, 0) is 34.1 Å². The van der Waals surface area contributed by atoms with Gasteiger partial charge >= 0.3 is 0 Å². The Morgan fingerprint density at radius 3 is 2.58 bits per heavy atom. The van der Waals surface area contributed by atoms with E-state index in [0.717, 1.165) is 15.8 Å². The maximum Gasteiger partial charge on any atom is 0.267 e. The molecule has 0 amide bonds. The van der Waals surface area contributed by atoms with Gasteiger partial charge in [-0.2, -0.15) is 5.10 Å². The molecule has 7 nitrogen and oxygen atoms in total. The summed E-state index contributed by atoms with van der Waals surface area (Å²) in [5, 5.41) is 4.56. The maximum atomic E-state index is 12.3. The first-order valence-electron chi connectivity index (χ1n) is 8.11. The van der Waals surface area contributed by atoms with Crippen molar-refractivity contribution in [1.82, 2.24) is 19.7 Å². The molecule has 3 aromatic rings. The Labute approximate surface area is 158 Å². The summed E-state index contributed by atoms with van der Waals surface area (Å²) in [5.74, 6) is 1.38. The molecule has 132 valence electrons. The number of anilines is 1. The van der Waals surface area contributed by atoms with Gasteiger partial charge in [-0.1, -0.05) is 12.1 Å². The van der Waals surface area contributed by atoms with Crippen LogP contribution < -0.4 is 15.2 Å². The van der Waals surface area contributed by atoms with Crippen molar-refractivity contribution in [2.75, 3.05) is 25.1 Å². The van der Waals surface area contributed by atoms with Gasteiger partial charge in [-0.25, -0.2) is 14.6 Å². The van der Waals surface area contributed by atoms with Gasteiger partial charge < -0.3 is 9.64 Å².